The molecule has 0 bridgehead atoms. The van der Waals surface area contributed by atoms with Crippen LogP contribution < -0.4 is 10.1 Å². The number of ether oxygens (including phenoxy) is 1. The van der Waals surface area contributed by atoms with Gasteiger partial charge >= 0.3 is 0 Å². The molecule has 2 rings (SSSR count). The standard InChI is InChI=1S/C14H16N2O3/c1-9-6-4-5-7-12(9)18-11(3)14(17)15-13-8-10(2)19-16-13/h4-8,11H,1-3H3,(H,15,16,17). The minimum Gasteiger partial charge on any atom is -0.481 e. The van der Waals surface area contributed by atoms with Gasteiger partial charge < -0.3 is 14.6 Å². The summed E-state index contributed by atoms with van der Waals surface area (Å²) in [5.74, 6) is 1.46. The molecule has 2 aromatic rings. The number of para-hydroxylation sites is 1. The highest BCUT2D eigenvalue weighted by Gasteiger charge is 2.16. The first-order valence-corrected chi connectivity index (χ1v) is 6.02. The molecule has 0 saturated carbocycles. The van der Waals surface area contributed by atoms with Gasteiger partial charge in [-0.25, -0.2) is 0 Å². The van der Waals surface area contributed by atoms with E-state index >= 15 is 0 Å². The lowest BCUT2D eigenvalue weighted by Crippen LogP contribution is -2.30. The normalized spacial score (nSPS) is 11.9. The predicted molar refractivity (Wildman–Crippen MR) is 71.1 cm³/mol. The molecule has 0 spiro atoms. The Morgan fingerprint density at radius 1 is 1.37 bits per heavy atom. The summed E-state index contributed by atoms with van der Waals surface area (Å²) in [6.07, 6.45) is -0.613. The first kappa shape index (κ1) is 13.1. The lowest BCUT2D eigenvalue weighted by molar-refractivity contribution is -0.122. The van der Waals surface area contributed by atoms with E-state index in [2.05, 4.69) is 10.5 Å². The van der Waals surface area contributed by atoms with Gasteiger partial charge in [0, 0.05) is 6.07 Å². The molecule has 0 aliphatic heterocycles. The van der Waals surface area contributed by atoms with Crippen molar-refractivity contribution in [2.24, 2.45) is 0 Å². The van der Waals surface area contributed by atoms with Gasteiger partial charge in [0.05, 0.1) is 0 Å². The van der Waals surface area contributed by atoms with Gasteiger partial charge in [-0.15, -0.1) is 0 Å². The zero-order valence-corrected chi connectivity index (χ0v) is 11.1. The number of rotatable bonds is 4. The van der Waals surface area contributed by atoms with Crippen LogP contribution in [0.4, 0.5) is 5.82 Å². The fourth-order valence-electron chi connectivity index (χ4n) is 1.59. The van der Waals surface area contributed by atoms with Crippen LogP contribution in [0.2, 0.25) is 0 Å². The molecule has 5 heteroatoms. The number of anilines is 1. The van der Waals surface area contributed by atoms with Crippen LogP contribution in [0.1, 0.15) is 18.2 Å². The highest BCUT2D eigenvalue weighted by molar-refractivity contribution is 5.93. The van der Waals surface area contributed by atoms with Crippen LogP contribution >= 0.6 is 0 Å². The summed E-state index contributed by atoms with van der Waals surface area (Å²) in [5.41, 5.74) is 0.986. The zero-order chi connectivity index (χ0) is 13.8. The van der Waals surface area contributed by atoms with Gasteiger partial charge in [0.2, 0.25) is 0 Å². The second-order valence-electron chi connectivity index (χ2n) is 4.34. The molecule has 19 heavy (non-hydrogen) atoms. The van der Waals surface area contributed by atoms with Crippen LogP contribution in [0, 0.1) is 13.8 Å². The average molecular weight is 260 g/mol. The van der Waals surface area contributed by atoms with Gasteiger partial charge in [-0.05, 0) is 32.4 Å². The quantitative estimate of drug-likeness (QED) is 0.918. The molecule has 0 fully saturated rings. The van der Waals surface area contributed by atoms with E-state index in [0.29, 0.717) is 17.3 Å². The SMILES string of the molecule is Cc1cc(NC(=O)C(C)Oc2ccccc2C)no1. The van der Waals surface area contributed by atoms with Crippen molar-refractivity contribution in [3.05, 3.63) is 41.7 Å². The van der Waals surface area contributed by atoms with Crippen molar-refractivity contribution in [1.82, 2.24) is 5.16 Å². The topological polar surface area (TPSA) is 64.4 Å². The molecule has 1 aromatic heterocycles. The van der Waals surface area contributed by atoms with Crippen molar-refractivity contribution in [2.75, 3.05) is 5.32 Å². The van der Waals surface area contributed by atoms with Gasteiger partial charge in [0.1, 0.15) is 11.5 Å². The predicted octanol–water partition coefficient (Wildman–Crippen LogP) is 2.70. The van der Waals surface area contributed by atoms with E-state index < -0.39 is 6.10 Å². The van der Waals surface area contributed by atoms with Crippen LogP contribution in [-0.2, 0) is 4.79 Å². The van der Waals surface area contributed by atoms with Crippen molar-refractivity contribution >= 4 is 11.7 Å². The number of nitrogens with zero attached hydrogens (tertiary/aromatic N) is 1. The fraction of sp³-hybridized carbons (Fsp3) is 0.286. The molecule has 0 radical (unpaired) electrons. The summed E-state index contributed by atoms with van der Waals surface area (Å²) in [7, 11) is 0. The highest BCUT2D eigenvalue weighted by Crippen LogP contribution is 2.18. The summed E-state index contributed by atoms with van der Waals surface area (Å²) < 4.78 is 10.5. The number of carbonyl (C=O) groups excluding carboxylic acids is 1. The van der Waals surface area contributed by atoms with E-state index in [1.165, 1.54) is 0 Å². The molecule has 1 unspecified atom stereocenters. The lowest BCUT2D eigenvalue weighted by atomic mass is 10.2. The first-order chi connectivity index (χ1) is 9.06. The van der Waals surface area contributed by atoms with Crippen molar-refractivity contribution in [3.8, 4) is 5.75 Å². The van der Waals surface area contributed by atoms with Crippen molar-refractivity contribution in [3.63, 3.8) is 0 Å². The Hall–Kier alpha value is -2.30. The summed E-state index contributed by atoms with van der Waals surface area (Å²) in [5, 5.41) is 6.33. The lowest BCUT2D eigenvalue weighted by Gasteiger charge is -2.15. The largest absolute Gasteiger partial charge is 0.481 e. The molecule has 0 saturated heterocycles. The van der Waals surface area contributed by atoms with E-state index in [1.807, 2.05) is 31.2 Å². The molecular formula is C14H16N2O3. The molecule has 1 N–H and O–H groups in total. The Morgan fingerprint density at radius 3 is 2.74 bits per heavy atom. The molecular weight excluding hydrogens is 244 g/mol. The molecule has 1 amide bonds. The molecule has 1 atom stereocenters. The van der Waals surface area contributed by atoms with E-state index in [9.17, 15) is 4.79 Å². The van der Waals surface area contributed by atoms with E-state index in [-0.39, 0.29) is 5.91 Å². The Balaban J connectivity index is 1.98. The summed E-state index contributed by atoms with van der Waals surface area (Å²) >= 11 is 0. The van der Waals surface area contributed by atoms with E-state index in [4.69, 9.17) is 9.26 Å². The molecule has 1 heterocycles. The van der Waals surface area contributed by atoms with Crippen LogP contribution in [0.3, 0.4) is 0 Å². The van der Waals surface area contributed by atoms with Crippen LogP contribution in [0.15, 0.2) is 34.9 Å². The fourth-order valence-corrected chi connectivity index (χ4v) is 1.59. The van der Waals surface area contributed by atoms with Gasteiger partial charge in [0.15, 0.2) is 11.9 Å². The molecule has 5 nitrogen and oxygen atoms in total. The third kappa shape index (κ3) is 3.34. The average Bonchev–Trinajstić information content (AvgIpc) is 2.77. The number of hydrogen-bond acceptors (Lipinski definition) is 4. The molecule has 0 aliphatic rings. The smallest absolute Gasteiger partial charge is 0.266 e. The van der Waals surface area contributed by atoms with Gasteiger partial charge in [-0.2, -0.15) is 0 Å². The monoisotopic (exact) mass is 260 g/mol. The summed E-state index contributed by atoms with van der Waals surface area (Å²) in [6, 6.07) is 9.21. The van der Waals surface area contributed by atoms with Gasteiger partial charge in [-0.1, -0.05) is 23.4 Å². The summed E-state index contributed by atoms with van der Waals surface area (Å²) in [4.78, 5) is 11.9. The summed E-state index contributed by atoms with van der Waals surface area (Å²) in [6.45, 7) is 5.38. The van der Waals surface area contributed by atoms with Gasteiger partial charge in [0.25, 0.3) is 5.91 Å². The Morgan fingerprint density at radius 2 is 2.11 bits per heavy atom. The number of hydrogen-bond donors (Lipinski definition) is 1. The van der Waals surface area contributed by atoms with Crippen molar-refractivity contribution < 1.29 is 14.1 Å². The molecule has 1 aromatic carbocycles. The molecule has 100 valence electrons. The Bertz CT molecular complexity index is 578. The number of carbonyl (C=O) groups is 1. The van der Waals surface area contributed by atoms with Crippen molar-refractivity contribution in [2.45, 2.75) is 26.9 Å². The second kappa shape index (κ2) is 5.56. The number of nitrogens with one attached hydrogen (secondary N) is 1. The Kier molecular flexibility index (Phi) is 3.85. The third-order valence-corrected chi connectivity index (χ3v) is 2.65. The number of amides is 1. The maximum absolute atomic E-state index is 11.9. The zero-order valence-electron chi connectivity index (χ0n) is 11.1. The minimum absolute atomic E-state index is 0.267. The first-order valence-electron chi connectivity index (χ1n) is 6.02. The maximum atomic E-state index is 11.9. The third-order valence-electron chi connectivity index (χ3n) is 2.65. The van der Waals surface area contributed by atoms with Crippen LogP contribution in [-0.4, -0.2) is 17.2 Å². The number of aryl methyl sites for hydroxylation is 2. The Labute approximate surface area is 111 Å². The maximum Gasteiger partial charge on any atom is 0.266 e. The minimum atomic E-state index is -0.613. The van der Waals surface area contributed by atoms with Crippen LogP contribution in [0.5, 0.6) is 5.75 Å². The highest BCUT2D eigenvalue weighted by atomic mass is 16.5. The van der Waals surface area contributed by atoms with Crippen molar-refractivity contribution in [1.29, 1.82) is 0 Å². The number of benzene rings is 1. The van der Waals surface area contributed by atoms with E-state index in [0.717, 1.165) is 5.56 Å². The second-order valence-corrected chi connectivity index (χ2v) is 4.34. The van der Waals surface area contributed by atoms with Gasteiger partial charge in [-0.3, -0.25) is 4.79 Å². The number of aromatic nitrogens is 1. The van der Waals surface area contributed by atoms with Crippen LogP contribution in [0.25, 0.3) is 0 Å². The molecule has 0 aliphatic carbocycles. The van der Waals surface area contributed by atoms with E-state index in [1.54, 1.807) is 19.9 Å².